The number of fused-ring (bicyclic) bond motifs is 1. The van der Waals surface area contributed by atoms with Gasteiger partial charge in [-0.2, -0.15) is 0 Å². The summed E-state index contributed by atoms with van der Waals surface area (Å²) in [6.45, 7) is 0. The minimum atomic E-state index is -0.246. The van der Waals surface area contributed by atoms with Crippen molar-refractivity contribution in [1.29, 1.82) is 0 Å². The lowest BCUT2D eigenvalue weighted by Gasteiger charge is -2.12. The summed E-state index contributed by atoms with van der Waals surface area (Å²) in [6.07, 6.45) is 2.04. The number of nitrogens with zero attached hydrogens (tertiary/aromatic N) is 3. The zero-order chi connectivity index (χ0) is 19.5. The summed E-state index contributed by atoms with van der Waals surface area (Å²) < 4.78 is 1.52. The largest absolute Gasteiger partial charge is 0.355 e. The van der Waals surface area contributed by atoms with Crippen LogP contribution in [-0.4, -0.2) is 27.5 Å². The average Bonchev–Trinajstić information content (AvgIpc) is 2.74. The van der Waals surface area contributed by atoms with Crippen LogP contribution in [0.2, 0.25) is 0 Å². The number of carbonyl (C=O) groups is 1. The minimum absolute atomic E-state index is 0.217. The van der Waals surface area contributed by atoms with Gasteiger partial charge in [-0.05, 0) is 35.9 Å². The van der Waals surface area contributed by atoms with E-state index in [0.717, 1.165) is 5.56 Å². The van der Waals surface area contributed by atoms with Crippen molar-refractivity contribution in [2.24, 2.45) is 0 Å². The first-order chi connectivity index (χ1) is 13.7. The van der Waals surface area contributed by atoms with Crippen LogP contribution in [-0.2, 0) is 6.42 Å². The third-order valence-corrected chi connectivity index (χ3v) is 4.49. The molecule has 0 atom stereocenters. The number of benzene rings is 2. The Kier molecular flexibility index (Phi) is 4.68. The Morgan fingerprint density at radius 1 is 1.04 bits per heavy atom. The maximum Gasteiger partial charge on any atom is 0.278 e. The Morgan fingerprint density at radius 3 is 2.64 bits per heavy atom. The molecule has 6 nitrogen and oxygen atoms in total. The van der Waals surface area contributed by atoms with Gasteiger partial charge in [-0.15, -0.1) is 0 Å². The Labute approximate surface area is 161 Å². The topological polar surface area (TPSA) is 76.9 Å². The molecule has 0 aliphatic heterocycles. The van der Waals surface area contributed by atoms with Crippen molar-refractivity contribution < 1.29 is 4.79 Å². The molecule has 138 valence electrons. The van der Waals surface area contributed by atoms with Crippen molar-refractivity contribution in [3.8, 4) is 5.69 Å². The normalized spacial score (nSPS) is 10.8. The maximum absolute atomic E-state index is 13.3. The van der Waals surface area contributed by atoms with Gasteiger partial charge in [0.25, 0.3) is 11.5 Å². The summed E-state index contributed by atoms with van der Waals surface area (Å²) in [6, 6.07) is 20.3. The molecule has 6 heteroatoms. The standard InChI is InChI=1S/C22H18N4O2/c1-23-21(27)16-9-5-10-17(14-16)26-20-18(11-6-12-24-20)25-19(22(26)28)13-15-7-3-2-4-8-15/h2-12,14H,13H2,1H3,(H,23,27). The van der Waals surface area contributed by atoms with E-state index in [-0.39, 0.29) is 11.5 Å². The third-order valence-electron chi connectivity index (χ3n) is 4.49. The van der Waals surface area contributed by atoms with Crippen LogP contribution in [0.1, 0.15) is 21.6 Å². The highest BCUT2D eigenvalue weighted by Gasteiger charge is 2.15. The van der Waals surface area contributed by atoms with E-state index in [9.17, 15) is 9.59 Å². The van der Waals surface area contributed by atoms with Gasteiger partial charge in [-0.25, -0.2) is 9.97 Å². The predicted octanol–water partition coefficient (Wildman–Crippen LogP) is 2.73. The van der Waals surface area contributed by atoms with Gasteiger partial charge in [0.1, 0.15) is 11.2 Å². The molecular formula is C22H18N4O2. The molecule has 0 unspecified atom stereocenters. The Morgan fingerprint density at radius 2 is 1.86 bits per heavy atom. The Hall–Kier alpha value is -3.80. The molecule has 1 N–H and O–H groups in total. The second-order valence-corrected chi connectivity index (χ2v) is 6.34. The first-order valence-electron chi connectivity index (χ1n) is 8.90. The van der Waals surface area contributed by atoms with Gasteiger partial charge in [0.15, 0.2) is 5.65 Å². The van der Waals surface area contributed by atoms with Crippen LogP contribution >= 0.6 is 0 Å². The zero-order valence-electron chi connectivity index (χ0n) is 15.3. The molecule has 0 fully saturated rings. The summed E-state index contributed by atoms with van der Waals surface area (Å²) in [7, 11) is 1.57. The van der Waals surface area contributed by atoms with Crippen LogP contribution in [0.5, 0.6) is 0 Å². The second kappa shape index (κ2) is 7.44. The molecule has 28 heavy (non-hydrogen) atoms. The van der Waals surface area contributed by atoms with Crippen molar-refractivity contribution >= 4 is 17.1 Å². The highest BCUT2D eigenvalue weighted by atomic mass is 16.1. The molecule has 2 heterocycles. The molecular weight excluding hydrogens is 352 g/mol. The first kappa shape index (κ1) is 17.6. The quantitative estimate of drug-likeness (QED) is 0.599. The molecule has 0 saturated heterocycles. The van der Waals surface area contributed by atoms with E-state index in [0.29, 0.717) is 34.5 Å². The monoisotopic (exact) mass is 370 g/mol. The van der Waals surface area contributed by atoms with Gasteiger partial charge in [0.2, 0.25) is 0 Å². The summed E-state index contributed by atoms with van der Waals surface area (Å²) in [5, 5.41) is 2.60. The maximum atomic E-state index is 13.3. The van der Waals surface area contributed by atoms with Crippen LogP contribution in [0.3, 0.4) is 0 Å². The van der Waals surface area contributed by atoms with Crippen molar-refractivity contribution in [3.63, 3.8) is 0 Å². The van der Waals surface area contributed by atoms with Gasteiger partial charge in [0.05, 0.1) is 5.69 Å². The van der Waals surface area contributed by atoms with Crippen molar-refractivity contribution in [2.75, 3.05) is 7.05 Å². The number of rotatable bonds is 4. The lowest BCUT2D eigenvalue weighted by Crippen LogP contribution is -2.26. The van der Waals surface area contributed by atoms with Crippen LogP contribution in [0.4, 0.5) is 0 Å². The smallest absolute Gasteiger partial charge is 0.278 e. The highest BCUT2D eigenvalue weighted by molar-refractivity contribution is 5.94. The van der Waals surface area contributed by atoms with Gasteiger partial charge >= 0.3 is 0 Å². The molecule has 4 aromatic rings. The van der Waals surface area contributed by atoms with E-state index in [2.05, 4.69) is 15.3 Å². The van der Waals surface area contributed by atoms with E-state index in [1.807, 2.05) is 36.4 Å². The number of hydrogen-bond donors (Lipinski definition) is 1. The summed E-state index contributed by atoms with van der Waals surface area (Å²) in [5.41, 5.74) is 3.31. The van der Waals surface area contributed by atoms with E-state index in [1.54, 1.807) is 43.6 Å². The molecule has 0 bridgehead atoms. The SMILES string of the molecule is CNC(=O)c1cccc(-n2c(=O)c(Cc3ccccc3)nc3cccnc32)c1. The van der Waals surface area contributed by atoms with Crippen molar-refractivity contribution in [2.45, 2.75) is 6.42 Å². The molecule has 0 aliphatic rings. The second-order valence-electron chi connectivity index (χ2n) is 6.34. The van der Waals surface area contributed by atoms with Crippen LogP contribution in [0.25, 0.3) is 16.9 Å². The number of pyridine rings is 1. The van der Waals surface area contributed by atoms with Crippen molar-refractivity contribution in [3.05, 3.63) is 100 Å². The number of amides is 1. The van der Waals surface area contributed by atoms with Crippen LogP contribution in [0.15, 0.2) is 77.7 Å². The van der Waals surface area contributed by atoms with Gasteiger partial charge < -0.3 is 5.32 Å². The predicted molar refractivity (Wildman–Crippen MR) is 108 cm³/mol. The molecule has 0 aliphatic carbocycles. The van der Waals surface area contributed by atoms with Crippen LogP contribution < -0.4 is 10.9 Å². The molecule has 0 saturated carbocycles. The lowest BCUT2D eigenvalue weighted by molar-refractivity contribution is 0.0963. The molecule has 2 aromatic heterocycles. The number of aromatic nitrogens is 3. The molecule has 2 aromatic carbocycles. The van der Waals surface area contributed by atoms with E-state index >= 15 is 0 Å². The van der Waals surface area contributed by atoms with Gasteiger partial charge in [-0.3, -0.25) is 14.2 Å². The zero-order valence-corrected chi connectivity index (χ0v) is 15.3. The summed E-state index contributed by atoms with van der Waals surface area (Å²) >= 11 is 0. The fraction of sp³-hybridized carbons (Fsp3) is 0.0909. The molecule has 4 rings (SSSR count). The van der Waals surface area contributed by atoms with E-state index in [1.165, 1.54) is 4.57 Å². The molecule has 0 radical (unpaired) electrons. The van der Waals surface area contributed by atoms with Crippen molar-refractivity contribution in [1.82, 2.24) is 19.9 Å². The highest BCUT2D eigenvalue weighted by Crippen LogP contribution is 2.16. The van der Waals surface area contributed by atoms with Crippen LogP contribution in [0, 0.1) is 0 Å². The average molecular weight is 370 g/mol. The first-order valence-corrected chi connectivity index (χ1v) is 8.90. The number of nitrogens with one attached hydrogen (secondary N) is 1. The summed E-state index contributed by atoms with van der Waals surface area (Å²) in [4.78, 5) is 34.2. The summed E-state index contributed by atoms with van der Waals surface area (Å²) in [5.74, 6) is -0.217. The third kappa shape index (κ3) is 3.27. The molecule has 0 spiro atoms. The Bertz CT molecular complexity index is 1220. The molecule has 1 amide bonds. The van der Waals surface area contributed by atoms with Gasteiger partial charge in [0, 0.05) is 25.2 Å². The lowest BCUT2D eigenvalue weighted by atomic mass is 10.1. The fourth-order valence-electron chi connectivity index (χ4n) is 3.14. The van der Waals surface area contributed by atoms with E-state index in [4.69, 9.17) is 0 Å². The van der Waals surface area contributed by atoms with Gasteiger partial charge in [-0.1, -0.05) is 36.4 Å². The number of carbonyl (C=O) groups excluding carboxylic acids is 1. The van der Waals surface area contributed by atoms with E-state index < -0.39 is 0 Å². The Balaban J connectivity index is 1.93. The fourth-order valence-corrected chi connectivity index (χ4v) is 3.14. The minimum Gasteiger partial charge on any atom is -0.355 e. The number of hydrogen-bond acceptors (Lipinski definition) is 4.